The molecule has 2 N–H and O–H groups in total. The maximum atomic E-state index is 5.78. The van der Waals surface area contributed by atoms with Gasteiger partial charge in [-0.05, 0) is 25.3 Å². The second-order valence-corrected chi connectivity index (χ2v) is 4.69. The van der Waals surface area contributed by atoms with Gasteiger partial charge in [0.05, 0.1) is 24.0 Å². The lowest BCUT2D eigenvalue weighted by atomic mass is 10.2. The smallest absolute Gasteiger partial charge is 0.169 e. The van der Waals surface area contributed by atoms with Gasteiger partial charge in [0.25, 0.3) is 0 Å². The number of aromatic nitrogens is 5. The Morgan fingerprint density at radius 2 is 2.00 bits per heavy atom. The Morgan fingerprint density at radius 1 is 1.26 bits per heavy atom. The molecule has 0 unspecified atom stereocenters. The summed E-state index contributed by atoms with van der Waals surface area (Å²) in [6.45, 7) is 7.04. The van der Waals surface area contributed by atoms with Crippen LogP contribution < -0.4 is 5.73 Å². The average molecular weight is 262 g/mol. The summed E-state index contributed by atoms with van der Waals surface area (Å²) < 4.78 is 3.87. The summed E-state index contributed by atoms with van der Waals surface area (Å²) in [5.41, 5.74) is 7.74. The van der Waals surface area contributed by atoms with Crippen LogP contribution in [0, 0.1) is 0 Å². The highest BCUT2D eigenvalue weighted by Gasteiger charge is 2.11. The molecule has 0 bridgehead atoms. The first-order valence-corrected chi connectivity index (χ1v) is 6.91. The summed E-state index contributed by atoms with van der Waals surface area (Å²) in [6.07, 6.45) is 5.05. The van der Waals surface area contributed by atoms with Gasteiger partial charge in [-0.25, -0.2) is 4.68 Å². The SMILES string of the molecule is CCc1c(N)nnn1Cc1ccn(C(CC)CC)n1. The van der Waals surface area contributed by atoms with Crippen LogP contribution in [0.3, 0.4) is 0 Å². The number of nitrogens with two attached hydrogens (primary N) is 1. The van der Waals surface area contributed by atoms with Crippen molar-refractivity contribution in [2.24, 2.45) is 0 Å². The van der Waals surface area contributed by atoms with E-state index >= 15 is 0 Å². The van der Waals surface area contributed by atoms with Crippen molar-refractivity contribution >= 4 is 5.82 Å². The van der Waals surface area contributed by atoms with Crippen LogP contribution in [0.5, 0.6) is 0 Å². The molecule has 2 aromatic rings. The van der Waals surface area contributed by atoms with Crippen LogP contribution in [0.15, 0.2) is 12.3 Å². The van der Waals surface area contributed by atoms with E-state index in [2.05, 4.69) is 29.3 Å². The van der Waals surface area contributed by atoms with Crippen molar-refractivity contribution in [3.63, 3.8) is 0 Å². The van der Waals surface area contributed by atoms with E-state index in [-0.39, 0.29) is 0 Å². The van der Waals surface area contributed by atoms with Crippen LogP contribution in [0.25, 0.3) is 0 Å². The first-order chi connectivity index (χ1) is 9.19. The van der Waals surface area contributed by atoms with Crippen molar-refractivity contribution in [1.82, 2.24) is 24.8 Å². The summed E-state index contributed by atoms with van der Waals surface area (Å²) in [7, 11) is 0. The van der Waals surface area contributed by atoms with Crippen LogP contribution in [0.1, 0.15) is 51.0 Å². The number of hydrogen-bond acceptors (Lipinski definition) is 4. The zero-order valence-corrected chi connectivity index (χ0v) is 11.9. The first-order valence-electron chi connectivity index (χ1n) is 6.91. The van der Waals surface area contributed by atoms with Crippen molar-refractivity contribution in [2.75, 3.05) is 5.73 Å². The van der Waals surface area contributed by atoms with Gasteiger partial charge in [-0.2, -0.15) is 5.10 Å². The molecule has 0 aliphatic heterocycles. The molecule has 0 saturated heterocycles. The molecule has 0 radical (unpaired) electrons. The summed E-state index contributed by atoms with van der Waals surface area (Å²) in [4.78, 5) is 0. The van der Waals surface area contributed by atoms with Gasteiger partial charge >= 0.3 is 0 Å². The highest BCUT2D eigenvalue weighted by Crippen LogP contribution is 2.15. The highest BCUT2D eigenvalue weighted by molar-refractivity contribution is 5.32. The molecule has 0 atom stereocenters. The molecule has 2 rings (SSSR count). The molecule has 104 valence electrons. The Morgan fingerprint density at radius 3 is 2.63 bits per heavy atom. The molecule has 6 nitrogen and oxygen atoms in total. The van der Waals surface area contributed by atoms with Crippen LogP contribution in [-0.4, -0.2) is 24.8 Å². The number of hydrogen-bond donors (Lipinski definition) is 1. The minimum atomic E-state index is 0.472. The molecule has 0 aliphatic rings. The molecule has 2 heterocycles. The lowest BCUT2D eigenvalue weighted by Gasteiger charge is -2.12. The Balaban J connectivity index is 2.15. The third kappa shape index (κ3) is 2.77. The van der Waals surface area contributed by atoms with Crippen LogP contribution >= 0.6 is 0 Å². The van der Waals surface area contributed by atoms with Gasteiger partial charge in [0, 0.05) is 6.20 Å². The fourth-order valence-electron chi connectivity index (χ4n) is 2.32. The molecule has 0 aliphatic carbocycles. The second-order valence-electron chi connectivity index (χ2n) is 4.69. The fraction of sp³-hybridized carbons (Fsp3) is 0.615. The number of anilines is 1. The summed E-state index contributed by atoms with van der Waals surface area (Å²) >= 11 is 0. The molecule has 0 aromatic carbocycles. The molecule has 19 heavy (non-hydrogen) atoms. The predicted octanol–water partition coefficient (Wildman–Crippen LogP) is 2.03. The Bertz CT molecular complexity index is 523. The molecule has 6 heteroatoms. The third-order valence-corrected chi connectivity index (χ3v) is 3.49. The summed E-state index contributed by atoms with van der Waals surface area (Å²) in [5.74, 6) is 0.516. The van der Waals surface area contributed by atoms with Crippen molar-refractivity contribution < 1.29 is 0 Å². The van der Waals surface area contributed by atoms with Gasteiger partial charge in [-0.3, -0.25) is 4.68 Å². The maximum absolute atomic E-state index is 5.78. The molecular formula is C13H22N6. The van der Waals surface area contributed by atoms with Crippen LogP contribution in [-0.2, 0) is 13.0 Å². The molecule has 0 fully saturated rings. The van der Waals surface area contributed by atoms with E-state index in [4.69, 9.17) is 5.73 Å². The lowest BCUT2D eigenvalue weighted by molar-refractivity contribution is 0.423. The van der Waals surface area contributed by atoms with Gasteiger partial charge in [-0.1, -0.05) is 26.0 Å². The van der Waals surface area contributed by atoms with E-state index in [1.54, 1.807) is 0 Å². The standard InChI is InChI=1S/C13H22N6/c1-4-11(5-2)18-8-7-10(16-18)9-19-12(6-3)13(14)15-17-19/h7-8,11H,4-6,9,14H2,1-3H3. The normalized spacial score (nSPS) is 11.4. The van der Waals surface area contributed by atoms with Gasteiger partial charge in [0.1, 0.15) is 0 Å². The summed E-state index contributed by atoms with van der Waals surface area (Å²) in [5, 5.41) is 12.6. The Hall–Kier alpha value is -1.85. The number of nitrogen functional groups attached to an aromatic ring is 1. The topological polar surface area (TPSA) is 74.5 Å². The van der Waals surface area contributed by atoms with Crippen molar-refractivity contribution in [3.8, 4) is 0 Å². The predicted molar refractivity (Wildman–Crippen MR) is 74.8 cm³/mol. The molecule has 0 spiro atoms. The maximum Gasteiger partial charge on any atom is 0.169 e. The monoisotopic (exact) mass is 262 g/mol. The van der Waals surface area contributed by atoms with Gasteiger partial charge in [0.2, 0.25) is 0 Å². The number of nitrogens with zero attached hydrogens (tertiary/aromatic N) is 5. The summed E-state index contributed by atoms with van der Waals surface area (Å²) in [6, 6.07) is 2.51. The zero-order chi connectivity index (χ0) is 13.8. The number of rotatable bonds is 6. The van der Waals surface area contributed by atoms with Crippen LogP contribution in [0.2, 0.25) is 0 Å². The van der Waals surface area contributed by atoms with Crippen molar-refractivity contribution in [1.29, 1.82) is 0 Å². The zero-order valence-electron chi connectivity index (χ0n) is 11.9. The first kappa shape index (κ1) is 13.6. The molecule has 0 amide bonds. The quantitative estimate of drug-likeness (QED) is 0.864. The average Bonchev–Trinajstić information content (AvgIpc) is 2.99. The van der Waals surface area contributed by atoms with Gasteiger partial charge < -0.3 is 5.73 Å². The van der Waals surface area contributed by atoms with E-state index in [1.807, 2.05) is 28.6 Å². The second kappa shape index (κ2) is 5.86. The lowest BCUT2D eigenvalue weighted by Crippen LogP contribution is -2.10. The van der Waals surface area contributed by atoms with Crippen LogP contribution in [0.4, 0.5) is 5.82 Å². The van der Waals surface area contributed by atoms with Gasteiger partial charge in [0.15, 0.2) is 5.82 Å². The molecular weight excluding hydrogens is 240 g/mol. The van der Waals surface area contributed by atoms with E-state index in [1.165, 1.54) is 0 Å². The minimum absolute atomic E-state index is 0.472. The highest BCUT2D eigenvalue weighted by atomic mass is 15.4. The van der Waals surface area contributed by atoms with Gasteiger partial charge in [-0.15, -0.1) is 5.10 Å². The Kier molecular flexibility index (Phi) is 4.19. The van der Waals surface area contributed by atoms with Crippen molar-refractivity contribution in [3.05, 3.63) is 23.7 Å². The van der Waals surface area contributed by atoms with E-state index in [9.17, 15) is 0 Å². The van der Waals surface area contributed by atoms with Crippen molar-refractivity contribution in [2.45, 2.75) is 52.6 Å². The fourth-order valence-corrected chi connectivity index (χ4v) is 2.32. The third-order valence-electron chi connectivity index (χ3n) is 3.49. The minimum Gasteiger partial charge on any atom is -0.381 e. The molecule has 2 aromatic heterocycles. The molecule has 0 saturated carbocycles. The van der Waals surface area contributed by atoms with E-state index in [0.29, 0.717) is 18.4 Å². The van der Waals surface area contributed by atoms with E-state index < -0.39 is 0 Å². The largest absolute Gasteiger partial charge is 0.381 e. The Labute approximate surface area is 113 Å². The van der Waals surface area contributed by atoms with E-state index in [0.717, 1.165) is 30.7 Å².